The van der Waals surface area contributed by atoms with Gasteiger partial charge in [0.15, 0.2) is 0 Å². The zero-order chi connectivity index (χ0) is 14.9. The van der Waals surface area contributed by atoms with Gasteiger partial charge in [0.1, 0.15) is 11.5 Å². The van der Waals surface area contributed by atoms with E-state index in [1.165, 1.54) is 6.42 Å². The van der Waals surface area contributed by atoms with Crippen LogP contribution in [0.25, 0.3) is 0 Å². The minimum absolute atomic E-state index is 0.0453. The predicted octanol–water partition coefficient (Wildman–Crippen LogP) is 2.84. The van der Waals surface area contributed by atoms with Crippen LogP contribution in [0, 0.1) is 26.7 Å². The first kappa shape index (κ1) is 15.1. The molecule has 2 unspecified atom stereocenters. The summed E-state index contributed by atoms with van der Waals surface area (Å²) in [5.41, 5.74) is 7.33. The van der Waals surface area contributed by atoms with Crippen molar-refractivity contribution < 1.29 is 9.21 Å². The molecule has 0 spiro atoms. The van der Waals surface area contributed by atoms with Gasteiger partial charge in [-0.3, -0.25) is 4.79 Å². The van der Waals surface area contributed by atoms with E-state index >= 15 is 0 Å². The number of amides is 1. The lowest BCUT2D eigenvalue weighted by molar-refractivity contribution is 0.0810. The van der Waals surface area contributed by atoms with Gasteiger partial charge in [-0.15, -0.1) is 0 Å². The molecule has 0 radical (unpaired) electrons. The van der Waals surface area contributed by atoms with E-state index < -0.39 is 0 Å². The van der Waals surface area contributed by atoms with E-state index in [-0.39, 0.29) is 11.4 Å². The van der Waals surface area contributed by atoms with Crippen molar-refractivity contribution in [2.24, 2.45) is 11.7 Å². The van der Waals surface area contributed by atoms with Crippen LogP contribution in [0.1, 0.15) is 60.0 Å². The van der Waals surface area contributed by atoms with Gasteiger partial charge in [-0.2, -0.15) is 0 Å². The maximum atomic E-state index is 12.7. The number of carbonyl (C=O) groups excluding carboxylic acids is 1. The average molecular weight is 278 g/mol. The maximum Gasteiger partial charge on any atom is 0.255 e. The van der Waals surface area contributed by atoms with Crippen molar-refractivity contribution in [3.63, 3.8) is 0 Å². The Morgan fingerprint density at radius 1 is 1.35 bits per heavy atom. The summed E-state index contributed by atoms with van der Waals surface area (Å²) in [6.45, 7) is 8.34. The highest BCUT2D eigenvalue weighted by Gasteiger charge is 2.39. The Labute approximate surface area is 121 Å². The largest absolute Gasteiger partial charge is 0.466 e. The summed E-state index contributed by atoms with van der Waals surface area (Å²) in [4.78, 5) is 12.7. The summed E-state index contributed by atoms with van der Waals surface area (Å²) in [6.07, 6.45) is 4.44. The molecule has 1 aliphatic carbocycles. The van der Waals surface area contributed by atoms with E-state index in [0.717, 1.165) is 30.6 Å². The van der Waals surface area contributed by atoms with Crippen molar-refractivity contribution in [1.29, 1.82) is 0 Å². The minimum atomic E-state index is -0.264. The Bertz CT molecular complexity index is 507. The van der Waals surface area contributed by atoms with Gasteiger partial charge in [-0.05, 0) is 39.5 Å². The normalized spacial score (nSPS) is 26.6. The third-order valence-electron chi connectivity index (χ3n) is 4.97. The molecule has 20 heavy (non-hydrogen) atoms. The Hall–Kier alpha value is -1.29. The van der Waals surface area contributed by atoms with Gasteiger partial charge in [0.25, 0.3) is 5.91 Å². The monoisotopic (exact) mass is 278 g/mol. The fourth-order valence-corrected chi connectivity index (χ4v) is 3.37. The SMILES string of the molecule is Cc1oc(C)c(C(=O)NC2(CN)CCCCC2C)c1C. The fraction of sp³-hybridized carbons (Fsp3) is 0.688. The number of rotatable bonds is 3. The van der Waals surface area contributed by atoms with Crippen LogP contribution < -0.4 is 11.1 Å². The number of nitrogens with one attached hydrogen (secondary N) is 1. The van der Waals surface area contributed by atoms with E-state index in [0.29, 0.717) is 23.8 Å². The van der Waals surface area contributed by atoms with Crippen molar-refractivity contribution in [3.05, 3.63) is 22.6 Å². The molecule has 4 nitrogen and oxygen atoms in total. The molecular weight excluding hydrogens is 252 g/mol. The lowest BCUT2D eigenvalue weighted by atomic mass is 9.73. The van der Waals surface area contributed by atoms with Crippen LogP contribution >= 0.6 is 0 Å². The second kappa shape index (κ2) is 5.60. The summed E-state index contributed by atoms with van der Waals surface area (Å²) in [5, 5.41) is 3.22. The molecule has 1 fully saturated rings. The van der Waals surface area contributed by atoms with Gasteiger partial charge in [0.2, 0.25) is 0 Å². The van der Waals surface area contributed by atoms with E-state index in [4.69, 9.17) is 10.2 Å². The van der Waals surface area contributed by atoms with E-state index in [1.54, 1.807) is 0 Å². The van der Waals surface area contributed by atoms with Gasteiger partial charge in [-0.1, -0.05) is 19.8 Å². The Morgan fingerprint density at radius 2 is 2.05 bits per heavy atom. The van der Waals surface area contributed by atoms with Crippen LogP contribution in [0.3, 0.4) is 0 Å². The minimum Gasteiger partial charge on any atom is -0.466 e. The first-order chi connectivity index (χ1) is 9.41. The fourth-order valence-electron chi connectivity index (χ4n) is 3.37. The lowest BCUT2D eigenvalue weighted by Gasteiger charge is -2.42. The second-order valence-corrected chi connectivity index (χ2v) is 6.18. The quantitative estimate of drug-likeness (QED) is 0.893. The molecule has 0 aliphatic heterocycles. The van der Waals surface area contributed by atoms with Gasteiger partial charge < -0.3 is 15.5 Å². The van der Waals surface area contributed by atoms with E-state index in [9.17, 15) is 4.79 Å². The predicted molar refractivity (Wildman–Crippen MR) is 79.8 cm³/mol. The number of aryl methyl sites for hydroxylation is 2. The molecule has 4 heteroatoms. The number of hydrogen-bond donors (Lipinski definition) is 2. The van der Waals surface area contributed by atoms with Crippen LogP contribution in [-0.4, -0.2) is 18.0 Å². The van der Waals surface area contributed by atoms with Crippen molar-refractivity contribution in [2.75, 3.05) is 6.54 Å². The van der Waals surface area contributed by atoms with Crippen molar-refractivity contribution in [1.82, 2.24) is 5.32 Å². The summed E-state index contributed by atoms with van der Waals surface area (Å²) >= 11 is 0. The summed E-state index contributed by atoms with van der Waals surface area (Å²) < 4.78 is 5.56. The molecule has 1 heterocycles. The topological polar surface area (TPSA) is 68.3 Å². The molecule has 2 rings (SSSR count). The van der Waals surface area contributed by atoms with Crippen molar-refractivity contribution in [2.45, 2.75) is 58.9 Å². The standard InChI is InChI=1S/C16H26N2O2/c1-10-7-5-6-8-16(10,9-17)18-15(19)14-11(2)12(3)20-13(14)4/h10H,5-9,17H2,1-4H3,(H,18,19). The molecule has 1 aliphatic rings. The first-order valence-electron chi connectivity index (χ1n) is 7.50. The third-order valence-corrected chi connectivity index (χ3v) is 4.97. The lowest BCUT2D eigenvalue weighted by Crippen LogP contribution is -2.59. The van der Waals surface area contributed by atoms with Crippen LogP contribution in [0.2, 0.25) is 0 Å². The molecule has 0 bridgehead atoms. The van der Waals surface area contributed by atoms with Gasteiger partial charge in [0, 0.05) is 12.1 Å². The molecule has 0 saturated heterocycles. The number of hydrogen-bond acceptors (Lipinski definition) is 3. The van der Waals surface area contributed by atoms with Crippen molar-refractivity contribution >= 4 is 5.91 Å². The third kappa shape index (κ3) is 2.49. The van der Waals surface area contributed by atoms with Crippen LogP contribution in [0.5, 0.6) is 0 Å². The average Bonchev–Trinajstić information content (AvgIpc) is 2.66. The molecule has 0 aromatic carbocycles. The molecular formula is C16H26N2O2. The van der Waals surface area contributed by atoms with Gasteiger partial charge >= 0.3 is 0 Å². The van der Waals surface area contributed by atoms with Gasteiger partial charge in [-0.25, -0.2) is 0 Å². The van der Waals surface area contributed by atoms with E-state index in [2.05, 4.69) is 12.2 Å². The molecule has 1 aromatic rings. The highest BCUT2D eigenvalue weighted by atomic mass is 16.3. The second-order valence-electron chi connectivity index (χ2n) is 6.18. The number of nitrogens with two attached hydrogens (primary N) is 1. The molecule has 1 aromatic heterocycles. The molecule has 1 amide bonds. The first-order valence-corrected chi connectivity index (χ1v) is 7.50. The Kier molecular flexibility index (Phi) is 4.23. The summed E-state index contributed by atoms with van der Waals surface area (Å²) in [5.74, 6) is 1.87. The smallest absolute Gasteiger partial charge is 0.255 e. The van der Waals surface area contributed by atoms with Crippen LogP contribution in [0.4, 0.5) is 0 Å². The molecule has 2 atom stereocenters. The Balaban J connectivity index is 2.25. The Morgan fingerprint density at radius 3 is 2.55 bits per heavy atom. The number of furan rings is 1. The molecule has 1 saturated carbocycles. The highest BCUT2D eigenvalue weighted by Crippen LogP contribution is 2.33. The summed E-state index contributed by atoms with van der Waals surface area (Å²) in [7, 11) is 0. The maximum absolute atomic E-state index is 12.7. The zero-order valence-electron chi connectivity index (χ0n) is 13.0. The van der Waals surface area contributed by atoms with Gasteiger partial charge in [0.05, 0.1) is 11.1 Å². The van der Waals surface area contributed by atoms with Crippen LogP contribution in [0.15, 0.2) is 4.42 Å². The highest BCUT2D eigenvalue weighted by molar-refractivity contribution is 5.97. The van der Waals surface area contributed by atoms with Crippen LogP contribution in [-0.2, 0) is 0 Å². The van der Waals surface area contributed by atoms with Crippen molar-refractivity contribution in [3.8, 4) is 0 Å². The molecule has 112 valence electrons. The molecule has 3 N–H and O–H groups in total. The van der Waals surface area contributed by atoms with E-state index in [1.807, 2.05) is 20.8 Å². The summed E-state index contributed by atoms with van der Waals surface area (Å²) in [6, 6.07) is 0. The zero-order valence-corrected chi connectivity index (χ0v) is 13.0. The number of carbonyl (C=O) groups is 1.